The average Bonchev–Trinajstić information content (AvgIpc) is 2.50. The molecule has 0 fully saturated rings. The molecule has 2 aromatic rings. The van der Waals surface area contributed by atoms with E-state index in [1.54, 1.807) is 0 Å². The zero-order valence-electron chi connectivity index (χ0n) is 12.0. The highest BCUT2D eigenvalue weighted by molar-refractivity contribution is 5.49. The van der Waals surface area contributed by atoms with Gasteiger partial charge in [-0.05, 0) is 12.1 Å². The second-order valence-electron chi connectivity index (χ2n) is 4.31. The van der Waals surface area contributed by atoms with Gasteiger partial charge in [-0.1, -0.05) is 12.2 Å². The fourth-order valence-corrected chi connectivity index (χ4v) is 1.79. The van der Waals surface area contributed by atoms with Gasteiger partial charge in [0.1, 0.15) is 11.6 Å². The van der Waals surface area contributed by atoms with Crippen molar-refractivity contribution in [3.8, 4) is 11.6 Å². The van der Waals surface area contributed by atoms with E-state index in [2.05, 4.69) is 5.10 Å². The Morgan fingerprint density at radius 2 is 2.00 bits per heavy atom. The van der Waals surface area contributed by atoms with Crippen molar-refractivity contribution >= 4 is 6.08 Å². The molecule has 0 bridgehead atoms. The number of hydrogen-bond acceptors (Lipinski definition) is 4. The smallest absolute Gasteiger partial charge is 0.274 e. The van der Waals surface area contributed by atoms with Crippen LogP contribution >= 0.6 is 0 Å². The van der Waals surface area contributed by atoms with Gasteiger partial charge < -0.3 is 9.47 Å². The van der Waals surface area contributed by atoms with Crippen molar-refractivity contribution in [3.05, 3.63) is 57.9 Å². The van der Waals surface area contributed by atoms with Crippen LogP contribution in [0.3, 0.4) is 0 Å². The first kappa shape index (κ1) is 15.7. The molecule has 116 valence electrons. The maximum Gasteiger partial charge on any atom is 0.274 e. The van der Waals surface area contributed by atoms with Gasteiger partial charge in [-0.15, -0.1) is 5.10 Å². The molecule has 7 heteroatoms. The molecule has 1 aromatic heterocycles. The molecule has 22 heavy (non-hydrogen) atoms. The first-order valence-corrected chi connectivity index (χ1v) is 6.37. The minimum Gasteiger partial charge on any atom is -0.491 e. The third-order valence-corrected chi connectivity index (χ3v) is 2.88. The first-order chi connectivity index (χ1) is 10.5. The Bertz CT molecular complexity index is 757. The van der Waals surface area contributed by atoms with Gasteiger partial charge in [0, 0.05) is 11.6 Å². The van der Waals surface area contributed by atoms with Crippen molar-refractivity contribution in [3.63, 3.8) is 0 Å². The van der Waals surface area contributed by atoms with E-state index in [0.29, 0.717) is 0 Å². The predicted molar refractivity (Wildman–Crippen MR) is 77.0 cm³/mol. The van der Waals surface area contributed by atoms with Crippen LogP contribution in [0.1, 0.15) is 5.56 Å². The Morgan fingerprint density at radius 3 is 2.64 bits per heavy atom. The normalized spacial score (nSPS) is 10.9. The molecule has 0 aliphatic rings. The summed E-state index contributed by atoms with van der Waals surface area (Å²) in [5, 5.41) is 3.98. The molecule has 0 aliphatic heterocycles. The quantitative estimate of drug-likeness (QED) is 0.850. The third-order valence-electron chi connectivity index (χ3n) is 2.88. The van der Waals surface area contributed by atoms with Crippen LogP contribution in [-0.4, -0.2) is 24.0 Å². The Morgan fingerprint density at radius 1 is 1.23 bits per heavy atom. The van der Waals surface area contributed by atoms with Crippen molar-refractivity contribution in [1.82, 2.24) is 9.78 Å². The molecular weight excluding hydrogens is 294 g/mol. The third kappa shape index (κ3) is 3.49. The summed E-state index contributed by atoms with van der Waals surface area (Å²) in [6, 6.07) is 4.51. The summed E-state index contributed by atoms with van der Waals surface area (Å²) < 4.78 is 37.4. The maximum atomic E-state index is 13.5. The number of benzene rings is 1. The van der Waals surface area contributed by atoms with E-state index in [0.717, 1.165) is 16.8 Å². The monoisotopic (exact) mass is 308 g/mol. The summed E-state index contributed by atoms with van der Waals surface area (Å²) in [7, 11) is 2.81. The second kappa shape index (κ2) is 6.84. The Hall–Kier alpha value is -2.70. The zero-order chi connectivity index (χ0) is 16.1. The summed E-state index contributed by atoms with van der Waals surface area (Å²) >= 11 is 0. The van der Waals surface area contributed by atoms with Crippen molar-refractivity contribution in [1.29, 1.82) is 0 Å². The number of hydrogen-bond donors (Lipinski definition) is 0. The maximum absolute atomic E-state index is 13.5. The lowest BCUT2D eigenvalue weighted by molar-refractivity contribution is 0.329. The molecule has 0 N–H and O–H groups in total. The fraction of sp³-hybridized carbons (Fsp3) is 0.200. The SMILES string of the molecule is COc1cc(=O)n(C/C=C/c2ccc(F)cc2F)nc1OC. The van der Waals surface area contributed by atoms with E-state index >= 15 is 0 Å². The van der Waals surface area contributed by atoms with Gasteiger partial charge in [0.05, 0.1) is 26.8 Å². The van der Waals surface area contributed by atoms with Gasteiger partial charge in [0.2, 0.25) is 0 Å². The molecule has 0 aliphatic carbocycles. The molecule has 0 saturated heterocycles. The summed E-state index contributed by atoms with van der Waals surface area (Å²) in [5.41, 5.74) is -0.170. The van der Waals surface area contributed by atoms with Gasteiger partial charge in [-0.2, -0.15) is 0 Å². The average molecular weight is 308 g/mol. The standard InChI is InChI=1S/C15H14F2N2O3/c1-21-13-9-14(20)19(18-15(13)22-2)7-3-4-10-5-6-11(16)8-12(10)17/h3-6,8-9H,7H2,1-2H3/b4-3+. The first-order valence-electron chi connectivity index (χ1n) is 6.37. The molecule has 5 nitrogen and oxygen atoms in total. The van der Waals surface area contributed by atoms with Crippen molar-refractivity contribution in [2.45, 2.75) is 6.54 Å². The molecule has 0 amide bonds. The molecule has 0 unspecified atom stereocenters. The minimum absolute atomic E-state index is 0.107. The number of nitrogens with zero attached hydrogens (tertiary/aromatic N) is 2. The highest BCUT2D eigenvalue weighted by atomic mass is 19.1. The Balaban J connectivity index is 2.21. The Labute approximate surface area is 125 Å². The van der Waals surface area contributed by atoms with Crippen molar-refractivity contribution in [2.75, 3.05) is 14.2 Å². The number of allylic oxidation sites excluding steroid dienone is 1. The number of halogens is 2. The van der Waals surface area contributed by atoms with E-state index in [-0.39, 0.29) is 29.3 Å². The van der Waals surface area contributed by atoms with Crippen LogP contribution in [0.5, 0.6) is 11.6 Å². The number of methoxy groups -OCH3 is 2. The number of rotatable bonds is 5. The van der Waals surface area contributed by atoms with Crippen LogP contribution in [0.2, 0.25) is 0 Å². The van der Waals surface area contributed by atoms with Crippen molar-refractivity contribution in [2.24, 2.45) is 0 Å². The van der Waals surface area contributed by atoms with E-state index in [4.69, 9.17) is 9.47 Å². The van der Waals surface area contributed by atoms with Crippen LogP contribution in [0, 0.1) is 11.6 Å². The van der Waals surface area contributed by atoms with Gasteiger partial charge in [0.25, 0.3) is 11.4 Å². The minimum atomic E-state index is -0.677. The summed E-state index contributed by atoms with van der Waals surface area (Å²) in [4.78, 5) is 11.8. The summed E-state index contributed by atoms with van der Waals surface area (Å²) in [5.74, 6) is -0.919. The lowest BCUT2D eigenvalue weighted by atomic mass is 10.2. The topological polar surface area (TPSA) is 53.4 Å². The van der Waals surface area contributed by atoms with Crippen LogP contribution in [0.15, 0.2) is 35.1 Å². The van der Waals surface area contributed by atoms with E-state index in [1.807, 2.05) is 0 Å². The van der Waals surface area contributed by atoms with E-state index in [9.17, 15) is 13.6 Å². The predicted octanol–water partition coefficient (Wildman–Crippen LogP) is 2.25. The molecule has 1 heterocycles. The van der Waals surface area contributed by atoms with E-state index < -0.39 is 11.6 Å². The lowest BCUT2D eigenvalue weighted by Gasteiger charge is -2.08. The summed E-state index contributed by atoms with van der Waals surface area (Å²) in [6.45, 7) is 0.107. The van der Waals surface area contributed by atoms with Gasteiger partial charge in [0.15, 0.2) is 5.75 Å². The number of ether oxygens (including phenoxy) is 2. The molecule has 2 rings (SSSR count). The van der Waals surface area contributed by atoms with Crippen LogP contribution in [0.25, 0.3) is 6.08 Å². The van der Waals surface area contributed by atoms with Crippen LogP contribution < -0.4 is 15.0 Å². The highest BCUT2D eigenvalue weighted by Crippen LogP contribution is 2.20. The van der Waals surface area contributed by atoms with Gasteiger partial charge in [-0.25, -0.2) is 13.5 Å². The molecule has 0 spiro atoms. The van der Waals surface area contributed by atoms with Gasteiger partial charge >= 0.3 is 0 Å². The molecule has 1 aromatic carbocycles. The fourth-order valence-electron chi connectivity index (χ4n) is 1.79. The lowest BCUT2D eigenvalue weighted by Crippen LogP contribution is -2.22. The number of aromatic nitrogens is 2. The van der Waals surface area contributed by atoms with Gasteiger partial charge in [-0.3, -0.25) is 4.79 Å². The van der Waals surface area contributed by atoms with Crippen molar-refractivity contribution < 1.29 is 18.3 Å². The van der Waals surface area contributed by atoms with E-state index in [1.165, 1.54) is 38.5 Å². The summed E-state index contributed by atoms with van der Waals surface area (Å²) in [6.07, 6.45) is 2.98. The molecule has 0 radical (unpaired) electrons. The highest BCUT2D eigenvalue weighted by Gasteiger charge is 2.08. The second-order valence-corrected chi connectivity index (χ2v) is 4.31. The molecule has 0 atom stereocenters. The molecular formula is C15H14F2N2O3. The largest absolute Gasteiger partial charge is 0.491 e. The zero-order valence-corrected chi connectivity index (χ0v) is 12.0. The Kier molecular flexibility index (Phi) is 4.88. The van der Waals surface area contributed by atoms with Crippen LogP contribution in [-0.2, 0) is 6.54 Å². The molecule has 0 saturated carbocycles. The van der Waals surface area contributed by atoms with Crippen LogP contribution in [0.4, 0.5) is 8.78 Å².